The Morgan fingerprint density at radius 2 is 1.75 bits per heavy atom. The van der Waals surface area contributed by atoms with Gasteiger partial charge >= 0.3 is 6.03 Å². The number of carbonyl (C=O) groups is 3. The highest BCUT2D eigenvalue weighted by Crippen LogP contribution is 2.32. The number of hydrogen-bond acceptors (Lipinski definition) is 3. The number of benzene rings is 2. The average Bonchev–Trinajstić information content (AvgIpc) is 2.99. The molecule has 3 amide bonds. The van der Waals surface area contributed by atoms with Gasteiger partial charge in [0, 0.05) is 5.56 Å². The van der Waals surface area contributed by atoms with Crippen LogP contribution in [-0.4, -0.2) is 29.2 Å². The van der Waals surface area contributed by atoms with Crippen LogP contribution < -0.4 is 5.32 Å². The Labute approximate surface area is 164 Å². The van der Waals surface area contributed by atoms with Crippen LogP contribution in [-0.2, 0) is 23.2 Å². The molecule has 1 fully saturated rings. The van der Waals surface area contributed by atoms with Crippen molar-refractivity contribution in [2.24, 2.45) is 0 Å². The molecule has 1 aliphatic heterocycles. The normalized spacial score (nSPS) is 21.4. The fourth-order valence-electron chi connectivity index (χ4n) is 4.27. The molecule has 2 aromatic rings. The van der Waals surface area contributed by atoms with Crippen molar-refractivity contribution in [3.8, 4) is 0 Å². The summed E-state index contributed by atoms with van der Waals surface area (Å²) < 4.78 is 0. The van der Waals surface area contributed by atoms with Crippen molar-refractivity contribution in [1.29, 1.82) is 0 Å². The summed E-state index contributed by atoms with van der Waals surface area (Å²) in [6.45, 7) is 1.62. The van der Waals surface area contributed by atoms with E-state index in [1.54, 1.807) is 0 Å². The number of ketones is 1. The van der Waals surface area contributed by atoms with Gasteiger partial charge in [0.2, 0.25) is 0 Å². The van der Waals surface area contributed by atoms with Gasteiger partial charge in [-0.3, -0.25) is 14.5 Å². The minimum Gasteiger partial charge on any atom is -0.319 e. The maximum Gasteiger partial charge on any atom is 0.325 e. The van der Waals surface area contributed by atoms with E-state index in [0.717, 1.165) is 29.7 Å². The predicted molar refractivity (Wildman–Crippen MR) is 106 cm³/mol. The van der Waals surface area contributed by atoms with Gasteiger partial charge in [0.15, 0.2) is 5.78 Å². The number of aryl methyl sites for hydroxylation is 2. The van der Waals surface area contributed by atoms with Gasteiger partial charge in [0.05, 0.1) is 6.54 Å². The maximum absolute atomic E-state index is 13.2. The fourth-order valence-corrected chi connectivity index (χ4v) is 4.27. The standard InChI is InChI=1S/C23H24N2O3/c1-2-23(19-10-4-3-5-11-19)21(27)25(22(28)24-23)15-20(26)18-13-12-16-8-6-7-9-17(16)14-18/h3-5,10-14H,2,6-9,15H2,1H3,(H,24,28)/t23-/m1/s1. The van der Waals surface area contributed by atoms with Crippen LogP contribution in [0.5, 0.6) is 0 Å². The van der Waals surface area contributed by atoms with Crippen LogP contribution in [0.25, 0.3) is 0 Å². The van der Waals surface area contributed by atoms with Crippen LogP contribution in [0.3, 0.4) is 0 Å². The average molecular weight is 376 g/mol. The monoisotopic (exact) mass is 376 g/mol. The summed E-state index contributed by atoms with van der Waals surface area (Å²) in [5, 5.41) is 2.83. The molecule has 0 spiro atoms. The lowest BCUT2D eigenvalue weighted by Crippen LogP contribution is -2.43. The SMILES string of the molecule is CC[C@]1(c2ccccc2)NC(=O)N(CC(=O)c2ccc3c(c2)CCCC3)C1=O. The van der Waals surface area contributed by atoms with E-state index in [1.807, 2.05) is 55.5 Å². The Bertz CT molecular complexity index is 938. The summed E-state index contributed by atoms with van der Waals surface area (Å²) in [7, 11) is 0. The van der Waals surface area contributed by atoms with Crippen molar-refractivity contribution in [2.45, 2.75) is 44.6 Å². The van der Waals surface area contributed by atoms with Crippen molar-refractivity contribution >= 4 is 17.7 Å². The molecule has 1 atom stereocenters. The molecule has 1 heterocycles. The molecule has 0 unspecified atom stereocenters. The van der Waals surface area contributed by atoms with Gasteiger partial charge in [-0.05, 0) is 54.9 Å². The minimum atomic E-state index is -1.10. The van der Waals surface area contributed by atoms with Crippen LogP contribution in [0.2, 0.25) is 0 Å². The molecule has 0 saturated carbocycles. The molecule has 2 aliphatic rings. The van der Waals surface area contributed by atoms with Crippen molar-refractivity contribution in [3.05, 3.63) is 70.8 Å². The van der Waals surface area contributed by atoms with Crippen molar-refractivity contribution < 1.29 is 14.4 Å². The second-order valence-corrected chi connectivity index (χ2v) is 7.56. The smallest absolute Gasteiger partial charge is 0.319 e. The van der Waals surface area contributed by atoms with Crippen LogP contribution >= 0.6 is 0 Å². The van der Waals surface area contributed by atoms with E-state index in [2.05, 4.69) is 5.32 Å². The van der Waals surface area contributed by atoms with E-state index in [1.165, 1.54) is 17.5 Å². The molecule has 4 rings (SSSR count). The number of amides is 3. The Morgan fingerprint density at radius 1 is 1.04 bits per heavy atom. The molecule has 5 nitrogen and oxygen atoms in total. The summed E-state index contributed by atoms with van der Waals surface area (Å²) in [6, 6.07) is 14.4. The van der Waals surface area contributed by atoms with Crippen LogP contribution in [0.1, 0.15) is 53.2 Å². The van der Waals surface area contributed by atoms with E-state index in [0.29, 0.717) is 12.0 Å². The number of fused-ring (bicyclic) bond motifs is 1. The Balaban J connectivity index is 1.57. The van der Waals surface area contributed by atoms with Gasteiger partial charge in [-0.1, -0.05) is 49.4 Å². The summed E-state index contributed by atoms with van der Waals surface area (Å²) >= 11 is 0. The summed E-state index contributed by atoms with van der Waals surface area (Å²) in [5.41, 5.74) is 2.71. The molecule has 2 aromatic carbocycles. The van der Waals surface area contributed by atoms with E-state index in [4.69, 9.17) is 0 Å². The fraction of sp³-hybridized carbons (Fsp3) is 0.348. The third kappa shape index (κ3) is 3.01. The third-order valence-electron chi connectivity index (χ3n) is 5.94. The van der Waals surface area contributed by atoms with Gasteiger partial charge in [0.1, 0.15) is 5.54 Å². The van der Waals surface area contributed by atoms with E-state index in [-0.39, 0.29) is 18.2 Å². The number of rotatable bonds is 5. The van der Waals surface area contributed by atoms with Crippen molar-refractivity contribution in [3.63, 3.8) is 0 Å². The molecular weight excluding hydrogens is 352 g/mol. The second-order valence-electron chi connectivity index (χ2n) is 7.56. The van der Waals surface area contributed by atoms with Crippen molar-refractivity contribution in [2.75, 3.05) is 6.54 Å². The third-order valence-corrected chi connectivity index (χ3v) is 5.94. The lowest BCUT2D eigenvalue weighted by Gasteiger charge is -2.25. The van der Waals surface area contributed by atoms with E-state index < -0.39 is 11.6 Å². The largest absolute Gasteiger partial charge is 0.325 e. The topological polar surface area (TPSA) is 66.5 Å². The first-order chi connectivity index (χ1) is 13.5. The van der Waals surface area contributed by atoms with Crippen LogP contribution in [0.4, 0.5) is 4.79 Å². The molecule has 0 radical (unpaired) electrons. The molecule has 5 heteroatoms. The number of imide groups is 1. The highest BCUT2D eigenvalue weighted by molar-refractivity contribution is 6.11. The molecule has 1 saturated heterocycles. The molecule has 1 aliphatic carbocycles. The molecule has 144 valence electrons. The quantitative estimate of drug-likeness (QED) is 0.640. The Kier molecular flexibility index (Phi) is 4.75. The zero-order valence-electron chi connectivity index (χ0n) is 16.0. The highest BCUT2D eigenvalue weighted by Gasteiger charge is 2.51. The van der Waals surface area contributed by atoms with E-state index in [9.17, 15) is 14.4 Å². The van der Waals surface area contributed by atoms with Gasteiger partial charge < -0.3 is 5.32 Å². The number of Topliss-reactive ketones (excluding diaryl/α,β-unsaturated/α-hetero) is 1. The number of hydrogen-bond donors (Lipinski definition) is 1. The first-order valence-electron chi connectivity index (χ1n) is 9.90. The summed E-state index contributed by atoms with van der Waals surface area (Å²) in [4.78, 5) is 39.6. The number of nitrogens with one attached hydrogen (secondary N) is 1. The van der Waals surface area contributed by atoms with Crippen LogP contribution in [0.15, 0.2) is 48.5 Å². The summed E-state index contributed by atoms with van der Waals surface area (Å²) in [6.07, 6.45) is 4.76. The van der Waals surface area contributed by atoms with Gasteiger partial charge in [-0.15, -0.1) is 0 Å². The predicted octanol–water partition coefficient (Wildman–Crippen LogP) is 3.61. The molecule has 0 bridgehead atoms. The molecular formula is C23H24N2O3. The molecule has 28 heavy (non-hydrogen) atoms. The Morgan fingerprint density at radius 3 is 2.46 bits per heavy atom. The number of carbonyl (C=O) groups excluding carboxylic acids is 3. The Hall–Kier alpha value is -2.95. The summed E-state index contributed by atoms with van der Waals surface area (Å²) in [5.74, 6) is -0.575. The highest BCUT2D eigenvalue weighted by atomic mass is 16.2. The molecule has 0 aromatic heterocycles. The number of urea groups is 1. The lowest BCUT2D eigenvalue weighted by molar-refractivity contribution is -0.131. The maximum atomic E-state index is 13.2. The van der Waals surface area contributed by atoms with Gasteiger partial charge in [0.25, 0.3) is 5.91 Å². The number of nitrogens with zero attached hydrogens (tertiary/aromatic N) is 1. The van der Waals surface area contributed by atoms with Crippen molar-refractivity contribution in [1.82, 2.24) is 10.2 Å². The zero-order chi connectivity index (χ0) is 19.7. The van der Waals surface area contributed by atoms with E-state index >= 15 is 0 Å². The van der Waals surface area contributed by atoms with Gasteiger partial charge in [-0.25, -0.2) is 4.79 Å². The minimum absolute atomic E-state index is 0.211. The lowest BCUT2D eigenvalue weighted by atomic mass is 9.87. The first kappa shape index (κ1) is 18.4. The van der Waals surface area contributed by atoms with Gasteiger partial charge in [-0.2, -0.15) is 0 Å². The first-order valence-corrected chi connectivity index (χ1v) is 9.90. The molecule has 1 N–H and O–H groups in total. The van der Waals surface area contributed by atoms with Crippen LogP contribution in [0, 0.1) is 0 Å². The zero-order valence-corrected chi connectivity index (χ0v) is 16.0. The second kappa shape index (κ2) is 7.23.